The van der Waals surface area contributed by atoms with E-state index in [-0.39, 0.29) is 17.3 Å². The number of amides is 1. The van der Waals surface area contributed by atoms with E-state index in [1.54, 1.807) is 0 Å². The average Bonchev–Trinajstić information content (AvgIpc) is 3.18. The highest BCUT2D eigenvalue weighted by atomic mass is 35.5. The molecule has 0 bridgehead atoms. The first kappa shape index (κ1) is 22.9. The Kier molecular flexibility index (Phi) is 7.63. The zero-order valence-electron chi connectivity index (χ0n) is 16.8. The monoisotopic (exact) mass is 469 g/mol. The van der Waals surface area contributed by atoms with Gasteiger partial charge in [0.25, 0.3) is 0 Å². The number of carbonyl (C=O) groups excluding carboxylic acids is 1. The van der Waals surface area contributed by atoms with Crippen LogP contribution >= 0.6 is 23.2 Å². The lowest BCUT2D eigenvalue weighted by molar-refractivity contribution is -0.119. The molecule has 0 saturated carbocycles. The summed E-state index contributed by atoms with van der Waals surface area (Å²) in [6.07, 6.45) is 3.55. The predicted molar refractivity (Wildman–Crippen MR) is 121 cm³/mol. The average molecular weight is 470 g/mol. The van der Waals surface area contributed by atoms with E-state index in [0.717, 1.165) is 35.8 Å². The quantitative estimate of drug-likeness (QED) is 0.639. The van der Waals surface area contributed by atoms with Crippen molar-refractivity contribution in [1.82, 2.24) is 10.2 Å². The van der Waals surface area contributed by atoms with Crippen LogP contribution in [-0.4, -0.2) is 45.1 Å². The van der Waals surface area contributed by atoms with E-state index >= 15 is 0 Å². The van der Waals surface area contributed by atoms with E-state index in [1.807, 2.05) is 12.1 Å². The van der Waals surface area contributed by atoms with Crippen molar-refractivity contribution in [3.63, 3.8) is 0 Å². The second-order valence-electron chi connectivity index (χ2n) is 7.44. The number of rotatable bonds is 8. The maximum absolute atomic E-state index is 12.4. The number of halogens is 2. The first-order valence-corrected chi connectivity index (χ1v) is 12.3. The van der Waals surface area contributed by atoms with Crippen LogP contribution in [0.4, 0.5) is 5.69 Å². The summed E-state index contributed by atoms with van der Waals surface area (Å²) in [4.78, 5) is 14.9. The molecule has 1 aliphatic heterocycles. The van der Waals surface area contributed by atoms with E-state index in [4.69, 9.17) is 23.2 Å². The summed E-state index contributed by atoms with van der Waals surface area (Å²) in [5, 5.41) is 3.32. The summed E-state index contributed by atoms with van der Waals surface area (Å²) >= 11 is 12.0. The first-order chi connectivity index (χ1) is 14.2. The number of hydrogen-bond acceptors (Lipinski definition) is 4. The Hall–Kier alpha value is -1.80. The molecule has 1 heterocycles. The first-order valence-electron chi connectivity index (χ1n) is 9.72. The molecule has 1 saturated heterocycles. The van der Waals surface area contributed by atoms with Crippen molar-refractivity contribution in [2.75, 3.05) is 30.2 Å². The van der Waals surface area contributed by atoms with Gasteiger partial charge in [-0.25, -0.2) is 8.42 Å². The fraction of sp³-hybridized carbons (Fsp3) is 0.381. The summed E-state index contributed by atoms with van der Waals surface area (Å²) in [7, 11) is -3.71. The molecule has 30 heavy (non-hydrogen) atoms. The van der Waals surface area contributed by atoms with E-state index < -0.39 is 15.9 Å². The molecular formula is C21H25Cl2N3O3S. The van der Waals surface area contributed by atoms with Crippen LogP contribution in [0.25, 0.3) is 0 Å². The van der Waals surface area contributed by atoms with E-state index in [0.29, 0.717) is 11.6 Å². The smallest absolute Gasteiger partial charge is 0.241 e. The van der Waals surface area contributed by atoms with Gasteiger partial charge in [0.05, 0.1) is 17.0 Å². The Morgan fingerprint density at radius 3 is 2.30 bits per heavy atom. The largest absolute Gasteiger partial charge is 0.350 e. The van der Waals surface area contributed by atoms with Gasteiger partial charge < -0.3 is 5.32 Å². The van der Waals surface area contributed by atoms with Gasteiger partial charge in [-0.15, -0.1) is 0 Å². The third-order valence-electron chi connectivity index (χ3n) is 4.98. The second kappa shape index (κ2) is 10.0. The van der Waals surface area contributed by atoms with Gasteiger partial charge >= 0.3 is 0 Å². The van der Waals surface area contributed by atoms with Gasteiger partial charge in [0, 0.05) is 18.1 Å². The lowest BCUT2D eigenvalue weighted by Gasteiger charge is -2.23. The number of hydrogen-bond donors (Lipinski definition) is 1. The Labute approximate surface area is 187 Å². The zero-order valence-corrected chi connectivity index (χ0v) is 19.1. The van der Waals surface area contributed by atoms with Crippen LogP contribution in [0.1, 0.15) is 24.0 Å². The van der Waals surface area contributed by atoms with Gasteiger partial charge in [-0.05, 0) is 55.3 Å². The van der Waals surface area contributed by atoms with Gasteiger partial charge in [0.15, 0.2) is 0 Å². The van der Waals surface area contributed by atoms with Crippen LogP contribution in [0.3, 0.4) is 0 Å². The molecule has 6 nitrogen and oxygen atoms in total. The van der Waals surface area contributed by atoms with Gasteiger partial charge in [-0.3, -0.25) is 14.0 Å². The van der Waals surface area contributed by atoms with Gasteiger partial charge in [-0.1, -0.05) is 47.5 Å². The van der Waals surface area contributed by atoms with Crippen molar-refractivity contribution in [1.29, 1.82) is 0 Å². The van der Waals surface area contributed by atoms with Crippen molar-refractivity contribution in [3.8, 4) is 0 Å². The van der Waals surface area contributed by atoms with E-state index in [2.05, 4.69) is 22.3 Å². The lowest BCUT2D eigenvalue weighted by atomic mass is 10.1. The highest BCUT2D eigenvalue weighted by molar-refractivity contribution is 7.92. The maximum Gasteiger partial charge on any atom is 0.241 e. The molecule has 162 valence electrons. The van der Waals surface area contributed by atoms with Crippen molar-refractivity contribution in [2.45, 2.75) is 25.9 Å². The molecule has 1 N–H and O–H groups in total. The molecule has 1 fully saturated rings. The van der Waals surface area contributed by atoms with Crippen molar-refractivity contribution < 1.29 is 13.2 Å². The third-order valence-corrected chi connectivity index (χ3v) is 6.65. The molecule has 3 rings (SSSR count). The Bertz CT molecular complexity index is 991. The number of sulfonamides is 1. The van der Waals surface area contributed by atoms with Crippen LogP contribution in [0, 0.1) is 0 Å². The van der Waals surface area contributed by atoms with E-state index in [9.17, 15) is 13.2 Å². The standard InChI is InChI=1S/C21H25Cl2N3O3S/c1-30(28,29)26(20-9-8-18(22)12-19(20)23)15-21(27)24-13-16-4-6-17(7-5-16)14-25-10-2-3-11-25/h4-9,12H,2-3,10-11,13-15H2,1H3,(H,24,27). The summed E-state index contributed by atoms with van der Waals surface area (Å²) in [6, 6.07) is 12.6. The summed E-state index contributed by atoms with van der Waals surface area (Å²) in [5.74, 6) is -0.424. The van der Waals surface area contributed by atoms with E-state index in [1.165, 1.54) is 36.6 Å². The highest BCUT2D eigenvalue weighted by Crippen LogP contribution is 2.30. The van der Waals surface area contributed by atoms with Gasteiger partial charge in [0.1, 0.15) is 6.54 Å². The molecule has 0 unspecified atom stereocenters. The van der Waals surface area contributed by atoms with Crippen LogP contribution in [0.2, 0.25) is 10.0 Å². The normalized spacial score (nSPS) is 14.6. The van der Waals surface area contributed by atoms with Gasteiger partial charge in [0.2, 0.25) is 15.9 Å². The fourth-order valence-corrected chi connectivity index (χ4v) is 4.84. The number of benzene rings is 2. The Morgan fingerprint density at radius 1 is 1.07 bits per heavy atom. The molecule has 0 spiro atoms. The minimum atomic E-state index is -3.71. The van der Waals surface area contributed by atoms with Crippen molar-refractivity contribution >= 4 is 44.8 Å². The lowest BCUT2D eigenvalue weighted by Crippen LogP contribution is -2.40. The molecule has 0 radical (unpaired) electrons. The topological polar surface area (TPSA) is 69.7 Å². The maximum atomic E-state index is 12.4. The molecule has 0 aliphatic carbocycles. The third kappa shape index (κ3) is 6.35. The molecule has 1 amide bonds. The fourth-order valence-electron chi connectivity index (χ4n) is 3.41. The summed E-state index contributed by atoms with van der Waals surface area (Å²) < 4.78 is 25.4. The number of carbonyl (C=O) groups is 1. The molecule has 1 aliphatic rings. The molecule has 2 aromatic carbocycles. The highest BCUT2D eigenvalue weighted by Gasteiger charge is 2.23. The minimum absolute atomic E-state index is 0.161. The molecule has 0 aromatic heterocycles. The minimum Gasteiger partial charge on any atom is -0.350 e. The van der Waals surface area contributed by atoms with Crippen LogP contribution < -0.4 is 9.62 Å². The zero-order chi connectivity index (χ0) is 21.7. The Balaban J connectivity index is 1.59. The number of likely N-dealkylation sites (tertiary alicyclic amines) is 1. The van der Waals surface area contributed by atoms with Gasteiger partial charge in [-0.2, -0.15) is 0 Å². The number of nitrogens with one attached hydrogen (secondary N) is 1. The summed E-state index contributed by atoms with van der Waals surface area (Å²) in [6.45, 7) is 3.18. The van der Waals surface area contributed by atoms with Crippen LogP contribution in [0.5, 0.6) is 0 Å². The molecular weight excluding hydrogens is 445 g/mol. The van der Waals surface area contributed by atoms with Crippen LogP contribution in [0.15, 0.2) is 42.5 Å². The molecule has 0 atom stereocenters. The Morgan fingerprint density at radius 2 is 1.70 bits per heavy atom. The predicted octanol–water partition coefficient (Wildman–Crippen LogP) is 3.67. The molecule has 9 heteroatoms. The second-order valence-corrected chi connectivity index (χ2v) is 10.2. The SMILES string of the molecule is CS(=O)(=O)N(CC(=O)NCc1ccc(CN2CCCC2)cc1)c1ccc(Cl)cc1Cl. The van der Waals surface area contributed by atoms with Crippen molar-refractivity contribution in [3.05, 3.63) is 63.6 Å². The molecule has 2 aromatic rings. The van der Waals surface area contributed by atoms with Crippen LogP contribution in [-0.2, 0) is 27.9 Å². The number of anilines is 1. The number of nitrogens with zero attached hydrogens (tertiary/aromatic N) is 2. The van der Waals surface area contributed by atoms with Crippen molar-refractivity contribution in [2.24, 2.45) is 0 Å². The summed E-state index contributed by atoms with van der Waals surface area (Å²) in [5.41, 5.74) is 2.40.